The van der Waals surface area contributed by atoms with Crippen LogP contribution in [0.4, 0.5) is 0 Å². The van der Waals surface area contributed by atoms with Crippen molar-refractivity contribution in [3.63, 3.8) is 0 Å². The van der Waals surface area contributed by atoms with Gasteiger partial charge in [-0.05, 0) is 23.5 Å². The van der Waals surface area contributed by atoms with E-state index in [9.17, 15) is 9.59 Å². The van der Waals surface area contributed by atoms with Gasteiger partial charge in [0.05, 0.1) is 12.1 Å². The maximum absolute atomic E-state index is 13.1. The standard InChI is InChI=1S/C21H26N4O2S/c1-4-8-28-20-24-18-17(19(27)25-20)15(12-6-5-7-22-11-12)16-13(23-18)9-21(2,3)10-14(16)26/h4-7,11,15,17-18,20,23-24H,1,8-10H2,2-3H3,(H,25,27). The lowest BCUT2D eigenvalue weighted by Gasteiger charge is -2.48. The lowest BCUT2D eigenvalue weighted by molar-refractivity contribution is -0.130. The number of carbonyl (C=O) groups is 2. The number of hydrogen-bond donors (Lipinski definition) is 3. The number of allylic oxidation sites excluding steroid dienone is 2. The number of thioether (sulfide) groups is 1. The first-order chi connectivity index (χ1) is 13.4. The highest BCUT2D eigenvalue weighted by Crippen LogP contribution is 2.47. The molecule has 0 saturated carbocycles. The van der Waals surface area contributed by atoms with E-state index in [1.807, 2.05) is 18.2 Å². The monoisotopic (exact) mass is 398 g/mol. The molecule has 3 aliphatic rings. The minimum absolute atomic E-state index is 0.0455. The highest BCUT2D eigenvalue weighted by Gasteiger charge is 2.50. The summed E-state index contributed by atoms with van der Waals surface area (Å²) in [6, 6.07) is 3.82. The minimum atomic E-state index is -0.409. The molecule has 4 unspecified atom stereocenters. The molecular weight excluding hydrogens is 372 g/mol. The number of nitrogens with one attached hydrogen (secondary N) is 3. The maximum Gasteiger partial charge on any atom is 0.229 e. The Morgan fingerprint density at radius 1 is 1.32 bits per heavy atom. The number of pyridine rings is 1. The Morgan fingerprint density at radius 3 is 2.86 bits per heavy atom. The van der Waals surface area contributed by atoms with Gasteiger partial charge in [0.1, 0.15) is 5.50 Å². The quantitative estimate of drug-likeness (QED) is 0.675. The van der Waals surface area contributed by atoms with Gasteiger partial charge < -0.3 is 10.6 Å². The molecule has 1 fully saturated rings. The molecule has 148 valence electrons. The van der Waals surface area contributed by atoms with Gasteiger partial charge in [-0.25, -0.2) is 0 Å². The zero-order chi connectivity index (χ0) is 19.9. The van der Waals surface area contributed by atoms with Crippen molar-refractivity contribution in [2.75, 3.05) is 5.75 Å². The fourth-order valence-corrected chi connectivity index (χ4v) is 5.31. The first-order valence-electron chi connectivity index (χ1n) is 9.61. The van der Waals surface area contributed by atoms with Crippen molar-refractivity contribution >= 4 is 23.5 Å². The van der Waals surface area contributed by atoms with E-state index in [0.717, 1.165) is 29.0 Å². The molecule has 1 aromatic rings. The average Bonchev–Trinajstić information content (AvgIpc) is 2.64. The maximum atomic E-state index is 13.1. The van der Waals surface area contributed by atoms with Crippen LogP contribution in [-0.2, 0) is 9.59 Å². The summed E-state index contributed by atoms with van der Waals surface area (Å²) in [6.45, 7) is 7.98. The highest BCUT2D eigenvalue weighted by atomic mass is 32.2. The molecule has 4 atom stereocenters. The number of rotatable bonds is 4. The van der Waals surface area contributed by atoms with Gasteiger partial charge in [0.2, 0.25) is 5.91 Å². The van der Waals surface area contributed by atoms with Gasteiger partial charge in [0, 0.05) is 41.8 Å². The third kappa shape index (κ3) is 3.49. The molecule has 4 rings (SSSR count). The Kier molecular flexibility index (Phi) is 5.05. The van der Waals surface area contributed by atoms with Crippen LogP contribution >= 0.6 is 11.8 Å². The molecule has 2 aliphatic heterocycles. The van der Waals surface area contributed by atoms with E-state index >= 15 is 0 Å². The SMILES string of the molecule is C=CCSC1NC(=O)C2C(NC3=C(C(=O)CC(C)(C)C3)C2c2cccnc2)N1. The van der Waals surface area contributed by atoms with Gasteiger partial charge in [0.15, 0.2) is 5.78 Å². The van der Waals surface area contributed by atoms with Crippen molar-refractivity contribution in [1.82, 2.24) is 20.9 Å². The second-order valence-corrected chi connectivity index (χ2v) is 9.56. The summed E-state index contributed by atoms with van der Waals surface area (Å²) in [5, 5.41) is 10.1. The van der Waals surface area contributed by atoms with Crippen molar-refractivity contribution < 1.29 is 9.59 Å². The topological polar surface area (TPSA) is 83.1 Å². The van der Waals surface area contributed by atoms with E-state index in [1.165, 1.54) is 0 Å². The molecule has 0 radical (unpaired) electrons. The lowest BCUT2D eigenvalue weighted by Crippen LogP contribution is -2.68. The van der Waals surface area contributed by atoms with Crippen LogP contribution in [0.25, 0.3) is 0 Å². The number of hydrogen-bond acceptors (Lipinski definition) is 6. The molecule has 3 heterocycles. The summed E-state index contributed by atoms with van der Waals surface area (Å²) in [4.78, 5) is 30.5. The Hall–Kier alpha value is -2.12. The summed E-state index contributed by atoms with van der Waals surface area (Å²) in [5.74, 6) is 0.115. The molecular formula is C21H26N4O2S. The first kappa shape index (κ1) is 19.2. The smallest absolute Gasteiger partial charge is 0.229 e. The normalized spacial score (nSPS) is 31.4. The Labute approximate surface area is 169 Å². The molecule has 3 N–H and O–H groups in total. The Balaban J connectivity index is 1.76. The van der Waals surface area contributed by atoms with E-state index in [1.54, 1.807) is 24.2 Å². The molecule has 7 heteroatoms. The van der Waals surface area contributed by atoms with Crippen molar-refractivity contribution in [1.29, 1.82) is 0 Å². The summed E-state index contributed by atoms with van der Waals surface area (Å²) < 4.78 is 0. The lowest BCUT2D eigenvalue weighted by atomic mass is 9.66. The number of Topliss-reactive ketones (excluding diaryl/α,β-unsaturated/α-hetero) is 1. The van der Waals surface area contributed by atoms with Crippen LogP contribution in [0.3, 0.4) is 0 Å². The zero-order valence-electron chi connectivity index (χ0n) is 16.2. The van der Waals surface area contributed by atoms with Crippen LogP contribution in [-0.4, -0.2) is 34.1 Å². The van der Waals surface area contributed by atoms with Gasteiger partial charge in [-0.3, -0.25) is 19.9 Å². The number of ketones is 1. The van der Waals surface area contributed by atoms with Crippen LogP contribution < -0.4 is 16.0 Å². The predicted octanol–water partition coefficient (Wildman–Crippen LogP) is 2.28. The second kappa shape index (κ2) is 7.37. The minimum Gasteiger partial charge on any atom is -0.372 e. The molecule has 0 bridgehead atoms. The van der Waals surface area contributed by atoms with E-state index in [-0.39, 0.29) is 34.7 Å². The second-order valence-electron chi connectivity index (χ2n) is 8.42. The van der Waals surface area contributed by atoms with Gasteiger partial charge in [-0.15, -0.1) is 18.3 Å². The van der Waals surface area contributed by atoms with Gasteiger partial charge >= 0.3 is 0 Å². The molecule has 28 heavy (non-hydrogen) atoms. The number of carbonyl (C=O) groups excluding carboxylic acids is 2. The van der Waals surface area contributed by atoms with Crippen molar-refractivity contribution in [2.24, 2.45) is 11.3 Å². The molecule has 0 aromatic carbocycles. The van der Waals surface area contributed by atoms with E-state index < -0.39 is 5.92 Å². The van der Waals surface area contributed by atoms with Gasteiger partial charge in [-0.1, -0.05) is 26.0 Å². The van der Waals surface area contributed by atoms with Gasteiger partial charge in [0.25, 0.3) is 0 Å². The molecule has 1 aliphatic carbocycles. The summed E-state index contributed by atoms with van der Waals surface area (Å²) in [7, 11) is 0. The Bertz CT molecular complexity index is 836. The predicted molar refractivity (Wildman–Crippen MR) is 110 cm³/mol. The van der Waals surface area contributed by atoms with Gasteiger partial charge in [-0.2, -0.15) is 0 Å². The van der Waals surface area contributed by atoms with Crippen LogP contribution in [0.2, 0.25) is 0 Å². The summed E-state index contributed by atoms with van der Waals surface area (Å²) in [5.41, 5.74) is 2.34. The molecule has 6 nitrogen and oxygen atoms in total. The number of nitrogens with zero attached hydrogens (tertiary/aromatic N) is 1. The van der Waals surface area contributed by atoms with E-state index in [2.05, 4.69) is 41.4 Å². The third-order valence-electron chi connectivity index (χ3n) is 5.61. The molecule has 1 saturated heterocycles. The molecule has 1 aromatic heterocycles. The van der Waals surface area contributed by atoms with Crippen LogP contribution in [0.15, 0.2) is 48.5 Å². The van der Waals surface area contributed by atoms with Crippen molar-refractivity contribution in [3.8, 4) is 0 Å². The van der Waals surface area contributed by atoms with E-state index in [0.29, 0.717) is 6.42 Å². The largest absolute Gasteiger partial charge is 0.372 e. The van der Waals surface area contributed by atoms with Crippen LogP contribution in [0, 0.1) is 11.3 Å². The average molecular weight is 399 g/mol. The number of aromatic nitrogens is 1. The third-order valence-corrected chi connectivity index (χ3v) is 6.63. The van der Waals surface area contributed by atoms with Crippen molar-refractivity contribution in [3.05, 3.63) is 54.0 Å². The fourth-order valence-electron chi connectivity index (χ4n) is 4.54. The summed E-state index contributed by atoms with van der Waals surface area (Å²) >= 11 is 1.59. The van der Waals surface area contributed by atoms with E-state index in [4.69, 9.17) is 0 Å². The molecule has 1 amide bonds. The van der Waals surface area contributed by atoms with Crippen LogP contribution in [0.5, 0.6) is 0 Å². The molecule has 0 spiro atoms. The number of fused-ring (bicyclic) bond motifs is 1. The highest BCUT2D eigenvalue weighted by molar-refractivity contribution is 7.99. The fraction of sp³-hybridized carbons (Fsp3) is 0.476. The summed E-state index contributed by atoms with van der Waals surface area (Å²) in [6.07, 6.45) is 6.36. The zero-order valence-corrected chi connectivity index (χ0v) is 17.0. The first-order valence-corrected chi connectivity index (χ1v) is 10.7. The Morgan fingerprint density at radius 2 is 2.14 bits per heavy atom. The van der Waals surface area contributed by atoms with Crippen molar-refractivity contribution in [2.45, 2.75) is 44.3 Å². The van der Waals surface area contributed by atoms with Crippen LogP contribution in [0.1, 0.15) is 38.2 Å². The number of amides is 1.